The van der Waals surface area contributed by atoms with Crippen molar-refractivity contribution in [1.29, 1.82) is 0 Å². The van der Waals surface area contributed by atoms with E-state index in [9.17, 15) is 4.79 Å². The van der Waals surface area contributed by atoms with E-state index in [1.54, 1.807) is 6.20 Å². The predicted molar refractivity (Wildman–Crippen MR) is 81.6 cm³/mol. The predicted octanol–water partition coefficient (Wildman–Crippen LogP) is 2.13. The lowest BCUT2D eigenvalue weighted by Crippen LogP contribution is -2.23. The van der Waals surface area contributed by atoms with Crippen LogP contribution in [-0.4, -0.2) is 14.9 Å². The normalized spacial score (nSPS) is 10.6. The quantitative estimate of drug-likeness (QED) is 0.877. The van der Waals surface area contributed by atoms with Crippen LogP contribution in [-0.2, 0) is 19.7 Å². The minimum Gasteiger partial charge on any atom is -0.392 e. The molecular formula is C14H16BrN3O2. The lowest BCUT2D eigenvalue weighted by Gasteiger charge is -2.10. The van der Waals surface area contributed by atoms with Crippen molar-refractivity contribution >= 4 is 21.6 Å². The van der Waals surface area contributed by atoms with Gasteiger partial charge in [-0.25, -0.2) is 4.68 Å². The molecule has 0 aliphatic carbocycles. The fourth-order valence-electron chi connectivity index (χ4n) is 1.85. The highest BCUT2D eigenvalue weighted by atomic mass is 79.9. The third kappa shape index (κ3) is 3.26. The number of halogens is 1. The molecule has 0 amide bonds. The molecule has 6 heteroatoms. The van der Waals surface area contributed by atoms with Gasteiger partial charge in [-0.3, -0.25) is 4.79 Å². The highest BCUT2D eigenvalue weighted by Gasteiger charge is 2.07. The number of anilines is 1. The van der Waals surface area contributed by atoms with E-state index in [1.807, 2.05) is 31.2 Å². The van der Waals surface area contributed by atoms with E-state index in [-0.39, 0.29) is 12.2 Å². The fraction of sp³-hybridized carbons (Fsp3) is 0.286. The van der Waals surface area contributed by atoms with Crippen molar-refractivity contribution in [3.63, 3.8) is 0 Å². The van der Waals surface area contributed by atoms with Crippen LogP contribution in [0.2, 0.25) is 0 Å². The number of benzene rings is 1. The second-order valence-electron chi connectivity index (χ2n) is 4.32. The molecule has 0 spiro atoms. The van der Waals surface area contributed by atoms with Gasteiger partial charge in [0.1, 0.15) is 4.47 Å². The van der Waals surface area contributed by atoms with Gasteiger partial charge in [0.2, 0.25) is 0 Å². The van der Waals surface area contributed by atoms with Crippen molar-refractivity contribution in [2.45, 2.75) is 26.6 Å². The molecule has 5 nitrogen and oxygen atoms in total. The molecule has 2 aromatic rings. The maximum atomic E-state index is 11.9. The Balaban J connectivity index is 2.15. The van der Waals surface area contributed by atoms with Crippen molar-refractivity contribution < 1.29 is 5.11 Å². The van der Waals surface area contributed by atoms with Crippen LogP contribution in [0.3, 0.4) is 0 Å². The first kappa shape index (κ1) is 14.7. The number of rotatable bonds is 5. The van der Waals surface area contributed by atoms with Crippen molar-refractivity contribution in [1.82, 2.24) is 9.78 Å². The zero-order valence-corrected chi connectivity index (χ0v) is 12.7. The summed E-state index contributed by atoms with van der Waals surface area (Å²) < 4.78 is 1.87. The Kier molecular flexibility index (Phi) is 4.92. The first-order valence-corrected chi connectivity index (χ1v) is 7.13. The Morgan fingerprint density at radius 1 is 1.40 bits per heavy atom. The van der Waals surface area contributed by atoms with E-state index in [1.165, 1.54) is 4.68 Å². The summed E-state index contributed by atoms with van der Waals surface area (Å²) in [7, 11) is 0. The molecule has 1 heterocycles. The molecule has 1 aromatic carbocycles. The molecule has 0 radical (unpaired) electrons. The first-order chi connectivity index (χ1) is 9.65. The molecule has 106 valence electrons. The smallest absolute Gasteiger partial charge is 0.283 e. The van der Waals surface area contributed by atoms with Crippen LogP contribution in [0.5, 0.6) is 0 Å². The van der Waals surface area contributed by atoms with Gasteiger partial charge in [-0.2, -0.15) is 5.10 Å². The van der Waals surface area contributed by atoms with Gasteiger partial charge in [0.05, 0.1) is 18.5 Å². The number of nitrogens with zero attached hydrogens (tertiary/aromatic N) is 2. The first-order valence-electron chi connectivity index (χ1n) is 6.34. The maximum absolute atomic E-state index is 11.9. The molecule has 1 aromatic heterocycles. The van der Waals surface area contributed by atoms with Crippen LogP contribution in [0.25, 0.3) is 0 Å². The van der Waals surface area contributed by atoms with Gasteiger partial charge in [-0.05, 0) is 34.0 Å². The molecule has 0 unspecified atom stereocenters. The lowest BCUT2D eigenvalue weighted by molar-refractivity contribution is 0.281. The summed E-state index contributed by atoms with van der Waals surface area (Å²) >= 11 is 3.30. The van der Waals surface area contributed by atoms with Gasteiger partial charge in [-0.1, -0.05) is 24.3 Å². The van der Waals surface area contributed by atoms with Crippen molar-refractivity contribution in [2.75, 3.05) is 5.32 Å². The summed E-state index contributed by atoms with van der Waals surface area (Å²) in [6.45, 7) is 2.99. The highest BCUT2D eigenvalue weighted by Crippen LogP contribution is 2.17. The van der Waals surface area contributed by atoms with Gasteiger partial charge in [0.15, 0.2) is 0 Å². The summed E-state index contributed by atoms with van der Waals surface area (Å²) in [6.07, 6.45) is 1.63. The average Bonchev–Trinajstić information content (AvgIpc) is 2.49. The molecule has 2 N–H and O–H groups in total. The van der Waals surface area contributed by atoms with Crippen LogP contribution >= 0.6 is 15.9 Å². The van der Waals surface area contributed by atoms with Gasteiger partial charge in [0.25, 0.3) is 5.56 Å². The third-order valence-corrected chi connectivity index (χ3v) is 3.71. The molecule has 2 rings (SSSR count). The summed E-state index contributed by atoms with van der Waals surface area (Å²) in [5, 5.41) is 16.3. The number of hydrogen-bond acceptors (Lipinski definition) is 4. The molecule has 20 heavy (non-hydrogen) atoms. The van der Waals surface area contributed by atoms with Crippen LogP contribution in [0.4, 0.5) is 5.69 Å². The average molecular weight is 338 g/mol. The second-order valence-corrected chi connectivity index (χ2v) is 5.12. The largest absolute Gasteiger partial charge is 0.392 e. The van der Waals surface area contributed by atoms with Gasteiger partial charge in [-0.15, -0.1) is 0 Å². The SMILES string of the molecule is CCn1ncc(NCc2cccc(CO)c2)c(Br)c1=O. The number of aryl methyl sites for hydroxylation is 1. The van der Waals surface area contributed by atoms with E-state index >= 15 is 0 Å². The van der Waals surface area contributed by atoms with E-state index in [4.69, 9.17) is 5.11 Å². The van der Waals surface area contributed by atoms with Crippen LogP contribution in [0.1, 0.15) is 18.1 Å². The molecule has 0 fully saturated rings. The second kappa shape index (κ2) is 6.67. The summed E-state index contributed by atoms with van der Waals surface area (Å²) in [5.74, 6) is 0. The molecule has 0 atom stereocenters. The van der Waals surface area contributed by atoms with E-state index in [0.717, 1.165) is 11.1 Å². The number of aliphatic hydroxyl groups is 1. The third-order valence-electron chi connectivity index (χ3n) is 2.94. The topological polar surface area (TPSA) is 67.2 Å². The van der Waals surface area contributed by atoms with Crippen molar-refractivity contribution in [3.05, 3.63) is 56.4 Å². The van der Waals surface area contributed by atoms with Crippen molar-refractivity contribution in [3.8, 4) is 0 Å². The van der Waals surface area contributed by atoms with Gasteiger partial charge >= 0.3 is 0 Å². The highest BCUT2D eigenvalue weighted by molar-refractivity contribution is 9.10. The van der Waals surface area contributed by atoms with Gasteiger partial charge in [0, 0.05) is 13.1 Å². The van der Waals surface area contributed by atoms with Crippen LogP contribution in [0.15, 0.2) is 39.7 Å². The van der Waals surface area contributed by atoms with Crippen LogP contribution in [0, 0.1) is 0 Å². The Morgan fingerprint density at radius 3 is 2.85 bits per heavy atom. The minimum atomic E-state index is -0.151. The van der Waals surface area contributed by atoms with E-state index in [2.05, 4.69) is 26.3 Å². The van der Waals surface area contributed by atoms with E-state index in [0.29, 0.717) is 23.2 Å². The Bertz CT molecular complexity index is 655. The van der Waals surface area contributed by atoms with Crippen LogP contribution < -0.4 is 10.9 Å². The number of aliphatic hydroxyl groups excluding tert-OH is 1. The zero-order valence-electron chi connectivity index (χ0n) is 11.1. The zero-order chi connectivity index (χ0) is 14.5. The Hall–Kier alpha value is -1.66. The molecule has 0 saturated carbocycles. The number of hydrogen-bond donors (Lipinski definition) is 2. The monoisotopic (exact) mass is 337 g/mol. The Labute approximate surface area is 125 Å². The molecule has 0 bridgehead atoms. The number of aromatic nitrogens is 2. The summed E-state index contributed by atoms with van der Waals surface area (Å²) in [5.41, 5.74) is 2.40. The van der Waals surface area contributed by atoms with Gasteiger partial charge < -0.3 is 10.4 Å². The molecule has 0 saturated heterocycles. The number of nitrogens with one attached hydrogen (secondary N) is 1. The summed E-state index contributed by atoms with van der Waals surface area (Å²) in [6, 6.07) is 7.64. The standard InChI is InChI=1S/C14H16BrN3O2/c1-2-18-14(20)13(15)12(8-17-18)16-7-10-4-3-5-11(6-10)9-19/h3-6,8,16,19H,2,7,9H2,1H3. The summed E-state index contributed by atoms with van der Waals surface area (Å²) in [4.78, 5) is 11.9. The minimum absolute atomic E-state index is 0.0195. The molecule has 0 aliphatic heterocycles. The molecule has 0 aliphatic rings. The fourth-order valence-corrected chi connectivity index (χ4v) is 2.30. The van der Waals surface area contributed by atoms with E-state index < -0.39 is 0 Å². The molecular weight excluding hydrogens is 322 g/mol. The maximum Gasteiger partial charge on any atom is 0.283 e. The van der Waals surface area contributed by atoms with Crippen molar-refractivity contribution in [2.24, 2.45) is 0 Å². The lowest BCUT2D eigenvalue weighted by atomic mass is 10.1. The Morgan fingerprint density at radius 2 is 2.15 bits per heavy atom.